The van der Waals surface area contributed by atoms with Crippen LogP contribution in [0.3, 0.4) is 0 Å². The van der Waals surface area contributed by atoms with Gasteiger partial charge in [-0.15, -0.1) is 5.10 Å². The van der Waals surface area contributed by atoms with Crippen molar-refractivity contribution in [2.24, 2.45) is 0 Å². The summed E-state index contributed by atoms with van der Waals surface area (Å²) >= 11 is 3.42. The Hall–Kier alpha value is -2.41. The standard InChI is InChI=1S/C14H12BrN5O/c1-21-13-5-3-2-4-12(13)20-14(17-18-19-20)9-6-10(15)8-11(16)7-9/h2-8H,16H2,1H3. The van der Waals surface area contributed by atoms with Crippen LogP contribution in [0.1, 0.15) is 0 Å². The molecule has 0 bridgehead atoms. The fourth-order valence-electron chi connectivity index (χ4n) is 2.08. The largest absolute Gasteiger partial charge is 0.494 e. The molecule has 21 heavy (non-hydrogen) atoms. The molecule has 7 heteroatoms. The van der Waals surface area contributed by atoms with Gasteiger partial charge in [0.25, 0.3) is 0 Å². The third kappa shape index (κ3) is 2.59. The lowest BCUT2D eigenvalue weighted by atomic mass is 10.2. The number of anilines is 1. The Morgan fingerprint density at radius 1 is 1.19 bits per heavy atom. The number of benzene rings is 2. The molecule has 0 fully saturated rings. The van der Waals surface area contributed by atoms with Crippen LogP contribution in [0.2, 0.25) is 0 Å². The van der Waals surface area contributed by atoms with E-state index in [1.54, 1.807) is 11.8 Å². The molecule has 0 amide bonds. The fourth-order valence-corrected chi connectivity index (χ4v) is 2.59. The van der Waals surface area contributed by atoms with Crippen LogP contribution in [-0.2, 0) is 0 Å². The number of hydrogen-bond donors (Lipinski definition) is 1. The molecular formula is C14H12BrN5O. The first-order chi connectivity index (χ1) is 10.2. The first kappa shape index (κ1) is 13.6. The summed E-state index contributed by atoms with van der Waals surface area (Å²) in [7, 11) is 1.61. The molecule has 0 atom stereocenters. The van der Waals surface area contributed by atoms with Crippen molar-refractivity contribution in [2.45, 2.75) is 0 Å². The van der Waals surface area contributed by atoms with Gasteiger partial charge in [-0.05, 0) is 40.8 Å². The average Bonchev–Trinajstić information content (AvgIpc) is 2.95. The van der Waals surface area contributed by atoms with Gasteiger partial charge in [0.15, 0.2) is 5.82 Å². The van der Waals surface area contributed by atoms with Crippen LogP contribution in [0.5, 0.6) is 5.75 Å². The van der Waals surface area contributed by atoms with Gasteiger partial charge in [0, 0.05) is 15.7 Å². The fraction of sp³-hybridized carbons (Fsp3) is 0.0714. The van der Waals surface area contributed by atoms with Crippen LogP contribution < -0.4 is 10.5 Å². The molecule has 2 aromatic carbocycles. The van der Waals surface area contributed by atoms with Gasteiger partial charge in [-0.1, -0.05) is 28.1 Å². The highest BCUT2D eigenvalue weighted by molar-refractivity contribution is 9.10. The van der Waals surface area contributed by atoms with Gasteiger partial charge >= 0.3 is 0 Å². The molecule has 6 nitrogen and oxygen atoms in total. The van der Waals surface area contributed by atoms with Crippen LogP contribution in [0.15, 0.2) is 46.9 Å². The number of aromatic nitrogens is 4. The Morgan fingerprint density at radius 3 is 2.76 bits per heavy atom. The van der Waals surface area contributed by atoms with Gasteiger partial charge in [0.05, 0.1) is 7.11 Å². The van der Waals surface area contributed by atoms with Crippen LogP contribution >= 0.6 is 15.9 Å². The molecule has 0 aliphatic carbocycles. The minimum absolute atomic E-state index is 0.590. The van der Waals surface area contributed by atoms with Gasteiger partial charge in [-0.25, -0.2) is 0 Å². The predicted octanol–water partition coefficient (Wildman–Crippen LogP) is 2.68. The molecule has 106 valence electrons. The summed E-state index contributed by atoms with van der Waals surface area (Å²) in [6.45, 7) is 0. The SMILES string of the molecule is COc1ccccc1-n1nnnc1-c1cc(N)cc(Br)c1. The maximum Gasteiger partial charge on any atom is 0.187 e. The maximum atomic E-state index is 5.88. The summed E-state index contributed by atoms with van der Waals surface area (Å²) in [5.41, 5.74) is 8.09. The Morgan fingerprint density at radius 2 is 2.00 bits per heavy atom. The van der Waals surface area contributed by atoms with E-state index >= 15 is 0 Å². The quantitative estimate of drug-likeness (QED) is 0.738. The van der Waals surface area contributed by atoms with E-state index in [2.05, 4.69) is 31.5 Å². The number of nitrogens with two attached hydrogens (primary N) is 1. The summed E-state index contributed by atoms with van der Waals surface area (Å²) in [6.07, 6.45) is 0. The molecular weight excluding hydrogens is 334 g/mol. The second-order valence-corrected chi connectivity index (χ2v) is 5.28. The van der Waals surface area contributed by atoms with Crippen LogP contribution in [0.25, 0.3) is 17.1 Å². The molecule has 3 rings (SSSR count). The summed E-state index contributed by atoms with van der Waals surface area (Å²) < 4.78 is 7.85. The minimum Gasteiger partial charge on any atom is -0.494 e. The van der Waals surface area contributed by atoms with Crippen molar-refractivity contribution in [2.75, 3.05) is 12.8 Å². The van der Waals surface area contributed by atoms with Crippen molar-refractivity contribution in [3.63, 3.8) is 0 Å². The van der Waals surface area contributed by atoms with Gasteiger partial charge in [-0.2, -0.15) is 4.68 Å². The Labute approximate surface area is 129 Å². The Kier molecular flexibility index (Phi) is 3.57. The summed E-state index contributed by atoms with van der Waals surface area (Å²) in [5.74, 6) is 1.28. The highest BCUT2D eigenvalue weighted by Crippen LogP contribution is 2.28. The first-order valence-electron chi connectivity index (χ1n) is 6.17. The molecule has 1 heterocycles. The van der Waals surface area contributed by atoms with Crippen molar-refractivity contribution in [1.82, 2.24) is 20.2 Å². The van der Waals surface area contributed by atoms with E-state index in [9.17, 15) is 0 Å². The van der Waals surface area contributed by atoms with Crippen molar-refractivity contribution in [1.29, 1.82) is 0 Å². The number of hydrogen-bond acceptors (Lipinski definition) is 5. The number of tetrazole rings is 1. The second kappa shape index (κ2) is 5.53. The van der Waals surface area contributed by atoms with Crippen molar-refractivity contribution < 1.29 is 4.74 Å². The molecule has 0 radical (unpaired) electrons. The van der Waals surface area contributed by atoms with Gasteiger partial charge < -0.3 is 10.5 Å². The first-order valence-corrected chi connectivity index (χ1v) is 6.96. The Bertz CT molecular complexity index is 766. The number of rotatable bonds is 3. The predicted molar refractivity (Wildman–Crippen MR) is 83.3 cm³/mol. The van der Waals surface area contributed by atoms with Crippen LogP contribution in [0, 0.1) is 0 Å². The highest BCUT2D eigenvalue weighted by atomic mass is 79.9. The molecule has 1 aromatic heterocycles. The zero-order valence-corrected chi connectivity index (χ0v) is 12.8. The van der Waals surface area contributed by atoms with Crippen molar-refractivity contribution in [3.8, 4) is 22.8 Å². The van der Waals surface area contributed by atoms with Crippen LogP contribution in [0.4, 0.5) is 5.69 Å². The number of nitrogen functional groups attached to an aromatic ring is 1. The number of ether oxygens (including phenoxy) is 1. The Balaban J connectivity index is 2.17. The summed E-state index contributed by atoms with van der Waals surface area (Å²) in [6, 6.07) is 13.1. The molecule has 0 unspecified atom stereocenters. The summed E-state index contributed by atoms with van der Waals surface area (Å²) in [5, 5.41) is 11.9. The number of methoxy groups -OCH3 is 1. The molecule has 0 saturated carbocycles. The number of nitrogens with zero attached hydrogens (tertiary/aromatic N) is 4. The smallest absolute Gasteiger partial charge is 0.187 e. The third-order valence-electron chi connectivity index (χ3n) is 2.96. The zero-order valence-electron chi connectivity index (χ0n) is 11.2. The van der Waals surface area contributed by atoms with Crippen molar-refractivity contribution in [3.05, 3.63) is 46.9 Å². The van der Waals surface area contributed by atoms with E-state index < -0.39 is 0 Å². The molecule has 0 saturated heterocycles. The third-order valence-corrected chi connectivity index (χ3v) is 3.42. The lowest BCUT2D eigenvalue weighted by molar-refractivity contribution is 0.411. The van der Waals surface area contributed by atoms with Gasteiger partial charge in [-0.3, -0.25) is 0 Å². The lowest BCUT2D eigenvalue weighted by Crippen LogP contribution is -2.02. The summed E-state index contributed by atoms with van der Waals surface area (Å²) in [4.78, 5) is 0. The molecule has 0 spiro atoms. The highest BCUT2D eigenvalue weighted by Gasteiger charge is 2.14. The molecule has 3 aromatic rings. The second-order valence-electron chi connectivity index (χ2n) is 4.36. The normalized spacial score (nSPS) is 10.6. The molecule has 0 aliphatic heterocycles. The lowest BCUT2D eigenvalue weighted by Gasteiger charge is -2.09. The van der Waals surface area contributed by atoms with Gasteiger partial charge in [0.2, 0.25) is 0 Å². The average molecular weight is 346 g/mol. The van der Waals surface area contributed by atoms with E-state index in [0.717, 1.165) is 15.7 Å². The van der Waals surface area contributed by atoms with Gasteiger partial charge in [0.1, 0.15) is 11.4 Å². The van der Waals surface area contributed by atoms with E-state index in [-0.39, 0.29) is 0 Å². The molecule has 2 N–H and O–H groups in total. The molecule has 0 aliphatic rings. The zero-order chi connectivity index (χ0) is 14.8. The van der Waals surface area contributed by atoms with Crippen LogP contribution in [-0.4, -0.2) is 27.3 Å². The minimum atomic E-state index is 0.590. The van der Waals surface area contributed by atoms with E-state index in [0.29, 0.717) is 17.3 Å². The number of halogens is 1. The topological polar surface area (TPSA) is 78.8 Å². The maximum absolute atomic E-state index is 5.88. The van der Waals surface area contributed by atoms with E-state index in [1.807, 2.05) is 42.5 Å². The van der Waals surface area contributed by atoms with Crippen molar-refractivity contribution >= 4 is 21.6 Å². The van der Waals surface area contributed by atoms with E-state index in [1.165, 1.54) is 0 Å². The number of para-hydroxylation sites is 2. The van der Waals surface area contributed by atoms with E-state index in [4.69, 9.17) is 10.5 Å². The monoisotopic (exact) mass is 345 g/mol.